The third-order valence-electron chi connectivity index (χ3n) is 3.63. The lowest BCUT2D eigenvalue weighted by Gasteiger charge is -2.10. The van der Waals surface area contributed by atoms with E-state index in [2.05, 4.69) is 11.1 Å². The summed E-state index contributed by atoms with van der Waals surface area (Å²) in [6.45, 7) is 11.5. The highest BCUT2D eigenvalue weighted by Crippen LogP contribution is 2.29. The van der Waals surface area contributed by atoms with Gasteiger partial charge in [0.15, 0.2) is 0 Å². The van der Waals surface area contributed by atoms with Crippen LogP contribution in [0.15, 0.2) is 48.5 Å². The minimum atomic E-state index is 0.375. The second-order valence-electron chi connectivity index (χ2n) is 5.12. The fourth-order valence-electron chi connectivity index (χ4n) is 2.59. The van der Waals surface area contributed by atoms with Gasteiger partial charge in [0.1, 0.15) is 0 Å². The third-order valence-corrected chi connectivity index (χ3v) is 3.63. The predicted octanol–water partition coefficient (Wildman–Crippen LogP) is 4.28. The van der Waals surface area contributed by atoms with Crippen LogP contribution in [0.3, 0.4) is 0 Å². The van der Waals surface area contributed by atoms with E-state index in [1.807, 2.05) is 42.5 Å². The monoisotopic (exact) mass is 282 g/mol. The average Bonchev–Trinajstić information content (AvgIpc) is 2.60. The Morgan fingerprint density at radius 3 is 2.55 bits per heavy atom. The molecule has 0 aliphatic carbocycles. The Kier molecular flexibility index (Phi) is 3.89. The highest BCUT2D eigenvalue weighted by atomic mass is 14.7. The number of hydrogen-bond acceptors (Lipinski definition) is 2. The molecule has 0 spiro atoms. The number of nitrogens with zero attached hydrogens (tertiary/aromatic N) is 2. The van der Waals surface area contributed by atoms with E-state index in [9.17, 15) is 5.26 Å². The summed E-state index contributed by atoms with van der Waals surface area (Å²) in [4.78, 5) is 4.67. The number of nitriles is 1. The Labute approximate surface area is 131 Å². The Hall–Kier alpha value is -2.66. The van der Waals surface area contributed by atoms with E-state index in [1.54, 1.807) is 6.07 Å². The van der Waals surface area contributed by atoms with Gasteiger partial charge in [-0.3, -0.25) is 4.98 Å². The number of rotatable bonds is 3. The van der Waals surface area contributed by atoms with Crippen molar-refractivity contribution in [1.29, 1.82) is 5.26 Å². The van der Waals surface area contributed by atoms with E-state index in [-0.39, 0.29) is 0 Å². The molecule has 104 valence electrons. The van der Waals surface area contributed by atoms with Crippen molar-refractivity contribution in [2.24, 2.45) is 0 Å². The molecule has 0 N–H and O–H groups in total. The van der Waals surface area contributed by atoms with E-state index in [1.165, 1.54) is 0 Å². The van der Waals surface area contributed by atoms with E-state index >= 15 is 0 Å². The lowest BCUT2D eigenvalue weighted by atomic mass is 9.98. The molecule has 0 saturated carbocycles. The Morgan fingerprint density at radius 2 is 1.82 bits per heavy atom. The maximum absolute atomic E-state index is 9.21. The van der Waals surface area contributed by atoms with E-state index in [4.69, 9.17) is 13.8 Å². The second-order valence-corrected chi connectivity index (χ2v) is 5.12. The van der Waals surface area contributed by atoms with Gasteiger partial charge < -0.3 is 0 Å². The third kappa shape index (κ3) is 2.58. The number of benzene rings is 2. The molecule has 3 aromatic rings. The van der Waals surface area contributed by atoms with Gasteiger partial charge in [-0.15, -0.1) is 0 Å². The Bertz CT molecular complexity index is 872. The molecule has 2 heteroatoms. The summed E-state index contributed by atoms with van der Waals surface area (Å²) >= 11 is 0. The first kappa shape index (κ1) is 14.3. The Morgan fingerprint density at radius 1 is 1.00 bits per heavy atom. The zero-order valence-electron chi connectivity index (χ0n) is 12.1. The van der Waals surface area contributed by atoms with Crippen LogP contribution in [0.4, 0.5) is 0 Å². The van der Waals surface area contributed by atoms with Gasteiger partial charge in [0.25, 0.3) is 0 Å². The first-order valence-corrected chi connectivity index (χ1v) is 7.08. The maximum Gasteiger partial charge on any atom is 0.0991 e. The first-order chi connectivity index (χ1) is 10.7. The molecule has 0 atom stereocenters. The second kappa shape index (κ2) is 5.99. The number of pyridine rings is 1. The van der Waals surface area contributed by atoms with Crippen LogP contribution in [0.2, 0.25) is 0 Å². The maximum atomic E-state index is 9.21. The summed E-state index contributed by atoms with van der Waals surface area (Å²) in [6, 6.07) is 17.8. The van der Waals surface area contributed by atoms with Crippen molar-refractivity contribution in [3.63, 3.8) is 0 Å². The molecule has 0 saturated heterocycles. The van der Waals surface area contributed by atoms with Crippen molar-refractivity contribution in [2.75, 3.05) is 0 Å². The average molecular weight is 282 g/mol. The van der Waals surface area contributed by atoms with E-state index in [0.717, 1.165) is 33.3 Å². The predicted molar refractivity (Wildman–Crippen MR) is 87.9 cm³/mol. The summed E-state index contributed by atoms with van der Waals surface area (Å²) in [6.07, 6.45) is 0.760. The van der Waals surface area contributed by atoms with Crippen LogP contribution in [-0.2, 0) is 12.8 Å². The van der Waals surface area contributed by atoms with Crippen LogP contribution in [0, 0.1) is 25.2 Å². The van der Waals surface area contributed by atoms with Crippen molar-refractivity contribution < 1.29 is 0 Å². The molecule has 1 heterocycles. The first-order valence-electron chi connectivity index (χ1n) is 7.08. The van der Waals surface area contributed by atoms with Crippen LogP contribution in [0.5, 0.6) is 0 Å². The van der Waals surface area contributed by atoms with Gasteiger partial charge in [-0.1, -0.05) is 24.3 Å². The molecule has 3 rings (SSSR count). The lowest BCUT2D eigenvalue weighted by molar-refractivity contribution is 1.13. The van der Waals surface area contributed by atoms with Gasteiger partial charge in [0, 0.05) is 16.6 Å². The summed E-state index contributed by atoms with van der Waals surface area (Å²) in [5, 5.41) is 11.3. The molecule has 0 amide bonds. The van der Waals surface area contributed by atoms with Gasteiger partial charge in [-0.25, -0.2) is 0 Å². The van der Waals surface area contributed by atoms with E-state index < -0.39 is 0 Å². The molecule has 0 fully saturated rings. The normalized spacial score (nSPS) is 10.6. The van der Waals surface area contributed by atoms with Crippen molar-refractivity contribution in [3.8, 4) is 17.3 Å². The zero-order valence-corrected chi connectivity index (χ0v) is 12.1. The highest BCUT2D eigenvalue weighted by Gasteiger charge is 2.10. The zero-order chi connectivity index (χ0) is 15.5. The minimum absolute atomic E-state index is 0.375. The Balaban J connectivity index is 2.32. The molecule has 1 aromatic heterocycles. The highest BCUT2D eigenvalue weighted by molar-refractivity contribution is 5.95. The van der Waals surface area contributed by atoms with Crippen molar-refractivity contribution in [1.82, 2.24) is 4.98 Å². The van der Waals surface area contributed by atoms with Gasteiger partial charge in [-0.05, 0) is 61.9 Å². The van der Waals surface area contributed by atoms with Crippen molar-refractivity contribution in [2.45, 2.75) is 12.8 Å². The molecule has 0 aliphatic heterocycles. The largest absolute Gasteiger partial charge is 0.252 e. The summed E-state index contributed by atoms with van der Waals surface area (Å²) in [5.41, 5.74) is 4.06. The summed E-state index contributed by atoms with van der Waals surface area (Å²) in [5.74, 6) is 0. The van der Waals surface area contributed by atoms with Crippen LogP contribution in [0.25, 0.3) is 22.0 Å². The van der Waals surface area contributed by atoms with Crippen LogP contribution in [-0.4, -0.2) is 4.98 Å². The van der Waals surface area contributed by atoms with Crippen molar-refractivity contribution in [3.05, 3.63) is 79.2 Å². The SMILES string of the molecule is [CH]Cc1cc(C#N)cc(-c2nc(C[CH])cc3ccccc23)c1. The molecular weight excluding hydrogens is 268 g/mol. The molecule has 22 heavy (non-hydrogen) atoms. The van der Waals surface area contributed by atoms with Crippen LogP contribution < -0.4 is 0 Å². The van der Waals surface area contributed by atoms with Gasteiger partial charge >= 0.3 is 0 Å². The summed E-state index contributed by atoms with van der Waals surface area (Å²) < 4.78 is 0. The van der Waals surface area contributed by atoms with E-state index in [0.29, 0.717) is 18.4 Å². The number of aromatic nitrogens is 1. The fourth-order valence-corrected chi connectivity index (χ4v) is 2.59. The molecule has 0 bridgehead atoms. The molecule has 2 aromatic carbocycles. The molecular formula is C20H14N2. The lowest BCUT2D eigenvalue weighted by Crippen LogP contribution is -1.95. The van der Waals surface area contributed by atoms with Gasteiger partial charge in [-0.2, -0.15) is 5.26 Å². The smallest absolute Gasteiger partial charge is 0.0991 e. The minimum Gasteiger partial charge on any atom is -0.252 e. The van der Waals surface area contributed by atoms with Gasteiger partial charge in [0.2, 0.25) is 0 Å². The van der Waals surface area contributed by atoms with Crippen LogP contribution >= 0.6 is 0 Å². The molecule has 0 unspecified atom stereocenters. The summed E-state index contributed by atoms with van der Waals surface area (Å²) in [7, 11) is 0. The van der Waals surface area contributed by atoms with Crippen molar-refractivity contribution >= 4 is 10.8 Å². The fraction of sp³-hybridized carbons (Fsp3) is 0.100. The molecule has 2 nitrogen and oxygen atoms in total. The standard InChI is InChI=1S/C20H14N2/c1-3-14-9-15(13-21)11-17(10-14)20-19-8-6-5-7-16(19)12-18(4-2)22-20/h1-2,5-12H,3-4H2. The topological polar surface area (TPSA) is 36.7 Å². The molecule has 0 aliphatic rings. The van der Waals surface area contributed by atoms with Gasteiger partial charge in [0.05, 0.1) is 17.3 Å². The quantitative estimate of drug-likeness (QED) is 0.719. The number of fused-ring (bicyclic) bond motifs is 1. The van der Waals surface area contributed by atoms with Crippen LogP contribution in [0.1, 0.15) is 16.8 Å². The number of hydrogen-bond donors (Lipinski definition) is 0. The molecule has 4 radical (unpaired) electrons.